The monoisotopic (exact) mass is 317 g/mol. The summed E-state index contributed by atoms with van der Waals surface area (Å²) >= 11 is 5.79. The number of amides is 2. The standard InChI is InChI=1S/C16H16ClN3O2/c1-10(2)18-15(21)13-4-3-5-14(20-13)16(22)19-12-8-6-11(17)7-9-12/h3-10H,1-2H3,(H,18,21)(H,19,22). The highest BCUT2D eigenvalue weighted by Gasteiger charge is 2.13. The van der Waals surface area contributed by atoms with Crippen LogP contribution in [-0.4, -0.2) is 22.8 Å². The molecule has 0 aliphatic rings. The number of anilines is 1. The third-order valence-electron chi connectivity index (χ3n) is 2.74. The van der Waals surface area contributed by atoms with Gasteiger partial charge in [-0.05, 0) is 50.2 Å². The first-order valence-corrected chi connectivity index (χ1v) is 7.18. The van der Waals surface area contributed by atoms with Gasteiger partial charge >= 0.3 is 0 Å². The number of nitrogens with zero attached hydrogens (tertiary/aromatic N) is 1. The number of nitrogens with one attached hydrogen (secondary N) is 2. The third-order valence-corrected chi connectivity index (χ3v) is 2.99. The summed E-state index contributed by atoms with van der Waals surface area (Å²) in [4.78, 5) is 28.2. The minimum atomic E-state index is -0.387. The number of carbonyl (C=O) groups excluding carboxylic acids is 2. The van der Waals surface area contributed by atoms with Crippen LogP contribution in [0.25, 0.3) is 0 Å². The predicted molar refractivity (Wildman–Crippen MR) is 86.2 cm³/mol. The second-order valence-corrected chi connectivity index (χ2v) is 5.43. The Morgan fingerprint density at radius 1 is 1.00 bits per heavy atom. The van der Waals surface area contributed by atoms with Crippen molar-refractivity contribution in [1.82, 2.24) is 10.3 Å². The maximum atomic E-state index is 12.2. The van der Waals surface area contributed by atoms with Gasteiger partial charge in [-0.2, -0.15) is 0 Å². The molecule has 2 amide bonds. The Morgan fingerprint density at radius 2 is 1.59 bits per heavy atom. The number of benzene rings is 1. The van der Waals surface area contributed by atoms with Gasteiger partial charge in [0.1, 0.15) is 11.4 Å². The van der Waals surface area contributed by atoms with Gasteiger partial charge in [0.15, 0.2) is 0 Å². The minimum Gasteiger partial charge on any atom is -0.349 e. The zero-order valence-corrected chi connectivity index (χ0v) is 13.0. The summed E-state index contributed by atoms with van der Waals surface area (Å²) in [5.74, 6) is -0.697. The maximum Gasteiger partial charge on any atom is 0.274 e. The van der Waals surface area contributed by atoms with Crippen LogP contribution in [0.4, 0.5) is 5.69 Å². The van der Waals surface area contributed by atoms with E-state index >= 15 is 0 Å². The van der Waals surface area contributed by atoms with E-state index in [0.717, 1.165) is 0 Å². The van der Waals surface area contributed by atoms with Crippen molar-refractivity contribution >= 4 is 29.1 Å². The quantitative estimate of drug-likeness (QED) is 0.910. The predicted octanol–water partition coefficient (Wildman–Crippen LogP) is 3.13. The lowest BCUT2D eigenvalue weighted by Crippen LogP contribution is -2.31. The van der Waals surface area contributed by atoms with Gasteiger partial charge in [0.25, 0.3) is 11.8 Å². The number of hydrogen-bond acceptors (Lipinski definition) is 3. The van der Waals surface area contributed by atoms with Gasteiger partial charge in [-0.15, -0.1) is 0 Å². The number of pyridine rings is 1. The molecule has 0 saturated heterocycles. The van der Waals surface area contributed by atoms with Crippen LogP contribution in [0.15, 0.2) is 42.5 Å². The summed E-state index contributed by atoms with van der Waals surface area (Å²) in [6, 6.07) is 11.5. The Bertz CT molecular complexity index is 684. The summed E-state index contributed by atoms with van der Waals surface area (Å²) in [5.41, 5.74) is 0.983. The van der Waals surface area contributed by atoms with Crippen LogP contribution < -0.4 is 10.6 Å². The Balaban J connectivity index is 2.13. The molecule has 2 rings (SSSR count). The van der Waals surface area contributed by atoms with E-state index in [0.29, 0.717) is 10.7 Å². The number of halogens is 1. The van der Waals surface area contributed by atoms with Crippen molar-refractivity contribution in [3.8, 4) is 0 Å². The van der Waals surface area contributed by atoms with Crippen LogP contribution in [0.5, 0.6) is 0 Å². The van der Waals surface area contributed by atoms with Gasteiger partial charge in [-0.25, -0.2) is 4.98 Å². The molecule has 0 atom stereocenters. The van der Waals surface area contributed by atoms with Crippen molar-refractivity contribution in [2.24, 2.45) is 0 Å². The van der Waals surface area contributed by atoms with Crippen molar-refractivity contribution in [2.45, 2.75) is 19.9 Å². The molecule has 0 unspecified atom stereocenters. The maximum absolute atomic E-state index is 12.2. The van der Waals surface area contributed by atoms with Crippen LogP contribution in [-0.2, 0) is 0 Å². The Morgan fingerprint density at radius 3 is 2.18 bits per heavy atom. The number of rotatable bonds is 4. The minimum absolute atomic E-state index is 0.000787. The third kappa shape index (κ3) is 4.30. The highest BCUT2D eigenvalue weighted by atomic mass is 35.5. The van der Waals surface area contributed by atoms with Crippen molar-refractivity contribution in [1.29, 1.82) is 0 Å². The number of aromatic nitrogens is 1. The molecular weight excluding hydrogens is 302 g/mol. The molecule has 1 aromatic carbocycles. The fraction of sp³-hybridized carbons (Fsp3) is 0.188. The molecule has 114 valence electrons. The summed E-state index contributed by atoms with van der Waals surface area (Å²) < 4.78 is 0. The van der Waals surface area contributed by atoms with E-state index in [1.165, 1.54) is 0 Å². The first kappa shape index (κ1) is 16.0. The second-order valence-electron chi connectivity index (χ2n) is 5.00. The SMILES string of the molecule is CC(C)NC(=O)c1cccc(C(=O)Nc2ccc(Cl)cc2)n1. The Labute approximate surface area is 133 Å². The molecule has 0 spiro atoms. The van der Waals surface area contributed by atoms with Gasteiger partial charge < -0.3 is 10.6 Å². The zero-order chi connectivity index (χ0) is 16.1. The Kier molecular flexibility index (Phi) is 5.12. The van der Waals surface area contributed by atoms with Gasteiger partial charge in [0, 0.05) is 16.8 Å². The lowest BCUT2D eigenvalue weighted by molar-refractivity contribution is 0.0938. The van der Waals surface area contributed by atoms with E-state index in [9.17, 15) is 9.59 Å². The van der Waals surface area contributed by atoms with Crippen LogP contribution in [0.2, 0.25) is 5.02 Å². The lowest BCUT2D eigenvalue weighted by Gasteiger charge is -2.09. The fourth-order valence-electron chi connectivity index (χ4n) is 1.75. The Hall–Kier alpha value is -2.40. The molecule has 1 heterocycles. The summed E-state index contributed by atoms with van der Waals surface area (Å²) in [6.45, 7) is 3.71. The summed E-state index contributed by atoms with van der Waals surface area (Å²) in [5, 5.41) is 6.02. The lowest BCUT2D eigenvalue weighted by atomic mass is 10.2. The van der Waals surface area contributed by atoms with Gasteiger partial charge in [0.05, 0.1) is 0 Å². The van der Waals surface area contributed by atoms with E-state index in [2.05, 4.69) is 15.6 Å². The molecule has 0 aliphatic carbocycles. The molecule has 1 aromatic heterocycles. The molecular formula is C16H16ClN3O2. The molecule has 2 N–H and O–H groups in total. The molecule has 2 aromatic rings. The van der Waals surface area contributed by atoms with Gasteiger partial charge in [-0.1, -0.05) is 17.7 Å². The average Bonchev–Trinajstić information content (AvgIpc) is 2.49. The topological polar surface area (TPSA) is 71.1 Å². The summed E-state index contributed by atoms with van der Waals surface area (Å²) in [7, 11) is 0. The van der Waals surface area contributed by atoms with Crippen molar-refractivity contribution < 1.29 is 9.59 Å². The average molecular weight is 318 g/mol. The highest BCUT2D eigenvalue weighted by Crippen LogP contribution is 2.14. The second kappa shape index (κ2) is 7.04. The van der Waals surface area contributed by atoms with Crippen molar-refractivity contribution in [3.63, 3.8) is 0 Å². The van der Waals surface area contributed by atoms with Gasteiger partial charge in [0.2, 0.25) is 0 Å². The fourth-order valence-corrected chi connectivity index (χ4v) is 1.88. The molecule has 0 fully saturated rings. The normalized spacial score (nSPS) is 10.4. The molecule has 22 heavy (non-hydrogen) atoms. The molecule has 6 heteroatoms. The number of carbonyl (C=O) groups is 2. The van der Waals surface area contributed by atoms with Crippen LogP contribution >= 0.6 is 11.6 Å². The van der Waals surface area contributed by atoms with E-state index in [-0.39, 0.29) is 29.2 Å². The highest BCUT2D eigenvalue weighted by molar-refractivity contribution is 6.30. The van der Waals surface area contributed by atoms with E-state index < -0.39 is 0 Å². The van der Waals surface area contributed by atoms with Crippen molar-refractivity contribution in [2.75, 3.05) is 5.32 Å². The smallest absolute Gasteiger partial charge is 0.274 e. The first-order valence-electron chi connectivity index (χ1n) is 6.80. The van der Waals surface area contributed by atoms with Crippen LogP contribution in [0.3, 0.4) is 0 Å². The summed E-state index contributed by atoms with van der Waals surface area (Å²) in [6.07, 6.45) is 0. The zero-order valence-electron chi connectivity index (χ0n) is 12.3. The number of hydrogen-bond donors (Lipinski definition) is 2. The molecule has 0 saturated carbocycles. The molecule has 0 radical (unpaired) electrons. The van der Waals surface area contributed by atoms with E-state index in [4.69, 9.17) is 11.6 Å². The van der Waals surface area contributed by atoms with Gasteiger partial charge in [-0.3, -0.25) is 9.59 Å². The molecule has 5 nitrogen and oxygen atoms in total. The van der Waals surface area contributed by atoms with Crippen molar-refractivity contribution in [3.05, 3.63) is 58.9 Å². The van der Waals surface area contributed by atoms with Crippen LogP contribution in [0, 0.1) is 0 Å². The van der Waals surface area contributed by atoms with Crippen LogP contribution in [0.1, 0.15) is 34.8 Å². The molecule has 0 aliphatic heterocycles. The first-order chi connectivity index (χ1) is 10.5. The van der Waals surface area contributed by atoms with E-state index in [1.54, 1.807) is 42.5 Å². The van der Waals surface area contributed by atoms with E-state index in [1.807, 2.05) is 13.8 Å². The molecule has 0 bridgehead atoms. The largest absolute Gasteiger partial charge is 0.349 e.